The maximum Gasteiger partial charge on any atom is 0.244 e. The Kier molecular flexibility index (Phi) is 5.95. The fourth-order valence-electron chi connectivity index (χ4n) is 3.31. The summed E-state index contributed by atoms with van der Waals surface area (Å²) in [7, 11) is 1.51. The highest BCUT2D eigenvalue weighted by Gasteiger charge is 2.25. The molecule has 0 spiro atoms. The normalized spacial score (nSPS) is 18.1. The quantitative estimate of drug-likeness (QED) is 0.645. The predicted octanol–water partition coefficient (Wildman–Crippen LogP) is 2.37. The Bertz CT molecular complexity index is 831. The Hall–Kier alpha value is -2.61. The zero-order valence-corrected chi connectivity index (χ0v) is 15.5. The number of aryl methyl sites for hydroxylation is 2. The maximum absolute atomic E-state index is 13.9. The molecule has 6 nitrogen and oxygen atoms in total. The van der Waals surface area contributed by atoms with Gasteiger partial charge in [0.15, 0.2) is 0 Å². The van der Waals surface area contributed by atoms with Gasteiger partial charge in [0.05, 0.1) is 23.4 Å². The van der Waals surface area contributed by atoms with Crippen LogP contribution in [0.2, 0.25) is 0 Å². The van der Waals surface area contributed by atoms with E-state index < -0.39 is 5.95 Å². The molecule has 27 heavy (non-hydrogen) atoms. The molecule has 0 saturated carbocycles. The third-order valence-electron chi connectivity index (χ3n) is 4.76. The van der Waals surface area contributed by atoms with Crippen molar-refractivity contribution in [2.45, 2.75) is 26.3 Å². The van der Waals surface area contributed by atoms with E-state index in [4.69, 9.17) is 0 Å². The smallest absolute Gasteiger partial charge is 0.244 e. The number of hydrogen-bond acceptors (Lipinski definition) is 4. The lowest BCUT2D eigenvalue weighted by Crippen LogP contribution is -2.41. The molecule has 0 radical (unpaired) electrons. The average molecular weight is 375 g/mol. The Morgan fingerprint density at radius 3 is 2.78 bits per heavy atom. The van der Waals surface area contributed by atoms with Crippen molar-refractivity contribution in [2.24, 2.45) is 18.1 Å². The fraction of sp³-hybridized carbons (Fsp3) is 0.421. The average Bonchev–Trinajstić information content (AvgIpc) is 2.90. The first kappa shape index (κ1) is 19.2. The van der Waals surface area contributed by atoms with Crippen LogP contribution >= 0.6 is 0 Å². The van der Waals surface area contributed by atoms with Gasteiger partial charge in [-0.05, 0) is 44.0 Å². The van der Waals surface area contributed by atoms with Crippen LogP contribution in [0.3, 0.4) is 0 Å². The van der Waals surface area contributed by atoms with Crippen LogP contribution in [0.15, 0.2) is 29.4 Å². The molecule has 1 unspecified atom stereocenters. The van der Waals surface area contributed by atoms with E-state index >= 15 is 0 Å². The molecular weight excluding hydrogens is 352 g/mol. The number of likely N-dealkylation sites (tertiary alicyclic amines) is 1. The first-order valence-corrected chi connectivity index (χ1v) is 8.93. The van der Waals surface area contributed by atoms with Crippen LogP contribution < -0.4 is 5.43 Å². The van der Waals surface area contributed by atoms with Crippen molar-refractivity contribution in [1.82, 2.24) is 20.1 Å². The van der Waals surface area contributed by atoms with E-state index in [1.54, 1.807) is 19.1 Å². The van der Waals surface area contributed by atoms with Crippen molar-refractivity contribution >= 4 is 12.1 Å². The van der Waals surface area contributed by atoms with Crippen LogP contribution in [-0.2, 0) is 18.4 Å². The van der Waals surface area contributed by atoms with Crippen LogP contribution in [0, 0.1) is 24.6 Å². The van der Waals surface area contributed by atoms with Gasteiger partial charge in [0.2, 0.25) is 11.9 Å². The molecule has 1 aliphatic heterocycles. The van der Waals surface area contributed by atoms with E-state index in [0.29, 0.717) is 18.8 Å². The maximum atomic E-state index is 13.9. The lowest BCUT2D eigenvalue weighted by Gasteiger charge is -2.31. The number of benzene rings is 1. The van der Waals surface area contributed by atoms with Gasteiger partial charge in [0.25, 0.3) is 0 Å². The summed E-state index contributed by atoms with van der Waals surface area (Å²) < 4.78 is 28.0. The number of hydrazone groups is 1. The molecule has 1 aromatic heterocycles. The van der Waals surface area contributed by atoms with Gasteiger partial charge in [-0.3, -0.25) is 9.69 Å². The zero-order chi connectivity index (χ0) is 19.4. The minimum atomic E-state index is -0.492. The number of carbonyl (C=O) groups excluding carboxylic acids is 1. The monoisotopic (exact) mass is 375 g/mol. The molecule has 3 rings (SSSR count). The number of piperidine rings is 1. The largest absolute Gasteiger partial charge is 0.298 e. The highest BCUT2D eigenvalue weighted by molar-refractivity contribution is 5.84. The van der Waals surface area contributed by atoms with Crippen LogP contribution in [0.25, 0.3) is 0 Å². The van der Waals surface area contributed by atoms with Gasteiger partial charge >= 0.3 is 0 Å². The van der Waals surface area contributed by atoms with Gasteiger partial charge in [0, 0.05) is 20.1 Å². The summed E-state index contributed by atoms with van der Waals surface area (Å²) in [6.45, 7) is 3.86. The van der Waals surface area contributed by atoms with Crippen molar-refractivity contribution in [1.29, 1.82) is 0 Å². The van der Waals surface area contributed by atoms with Crippen LogP contribution in [0.4, 0.5) is 8.78 Å². The van der Waals surface area contributed by atoms with Gasteiger partial charge in [-0.25, -0.2) is 14.5 Å². The number of aromatic nitrogens is 2. The summed E-state index contributed by atoms with van der Waals surface area (Å²) in [4.78, 5) is 14.6. The first-order chi connectivity index (χ1) is 12.9. The number of hydrogen-bond donors (Lipinski definition) is 1. The first-order valence-electron chi connectivity index (χ1n) is 8.93. The molecule has 8 heteroatoms. The Labute approximate surface area is 156 Å². The second-order valence-corrected chi connectivity index (χ2v) is 6.85. The Balaban J connectivity index is 1.55. The molecule has 1 fully saturated rings. The van der Waals surface area contributed by atoms with E-state index in [1.807, 2.05) is 0 Å². The molecule has 0 aliphatic carbocycles. The van der Waals surface area contributed by atoms with Crippen LogP contribution in [0.1, 0.15) is 29.7 Å². The molecular formula is C19H23F2N5O. The second-order valence-electron chi connectivity index (χ2n) is 6.85. The van der Waals surface area contributed by atoms with Crippen molar-refractivity contribution in [3.8, 4) is 0 Å². The molecule has 1 N–H and O–H groups in total. The van der Waals surface area contributed by atoms with Gasteiger partial charge in [-0.2, -0.15) is 14.6 Å². The highest BCUT2D eigenvalue weighted by atomic mass is 19.1. The molecule has 1 aliphatic rings. The fourth-order valence-corrected chi connectivity index (χ4v) is 3.31. The van der Waals surface area contributed by atoms with Gasteiger partial charge < -0.3 is 0 Å². The number of nitrogens with zero attached hydrogens (tertiary/aromatic N) is 4. The van der Waals surface area contributed by atoms with Crippen molar-refractivity contribution in [3.63, 3.8) is 0 Å². The van der Waals surface area contributed by atoms with E-state index in [9.17, 15) is 13.6 Å². The molecule has 2 heterocycles. The molecule has 1 saturated heterocycles. The number of nitrogens with one attached hydrogen (secondary N) is 1. The van der Waals surface area contributed by atoms with Gasteiger partial charge in [0.1, 0.15) is 5.82 Å². The molecule has 1 atom stereocenters. The summed E-state index contributed by atoms with van der Waals surface area (Å²) in [5.41, 5.74) is 4.29. The van der Waals surface area contributed by atoms with Gasteiger partial charge in [-0.15, -0.1) is 0 Å². The molecule has 2 aromatic rings. The van der Waals surface area contributed by atoms with E-state index in [1.165, 1.54) is 25.4 Å². The number of amides is 1. The number of halogens is 2. The predicted molar refractivity (Wildman–Crippen MR) is 98.0 cm³/mol. The summed E-state index contributed by atoms with van der Waals surface area (Å²) in [5.74, 6) is -1.12. The van der Waals surface area contributed by atoms with E-state index in [2.05, 4.69) is 20.5 Å². The molecule has 0 bridgehead atoms. The second kappa shape index (κ2) is 8.39. The van der Waals surface area contributed by atoms with Crippen molar-refractivity contribution in [2.75, 3.05) is 13.1 Å². The minimum Gasteiger partial charge on any atom is -0.298 e. The third kappa shape index (κ3) is 4.77. The molecule has 1 aromatic carbocycles. The van der Waals surface area contributed by atoms with E-state index in [-0.39, 0.29) is 23.2 Å². The van der Waals surface area contributed by atoms with Crippen molar-refractivity contribution in [3.05, 3.63) is 52.9 Å². The summed E-state index contributed by atoms with van der Waals surface area (Å²) >= 11 is 0. The Morgan fingerprint density at radius 2 is 2.11 bits per heavy atom. The van der Waals surface area contributed by atoms with Crippen LogP contribution in [0.5, 0.6) is 0 Å². The topological polar surface area (TPSA) is 62.5 Å². The van der Waals surface area contributed by atoms with Gasteiger partial charge in [-0.1, -0.05) is 12.1 Å². The third-order valence-corrected chi connectivity index (χ3v) is 4.76. The van der Waals surface area contributed by atoms with Crippen molar-refractivity contribution < 1.29 is 13.6 Å². The zero-order valence-electron chi connectivity index (χ0n) is 15.5. The number of rotatable bonds is 5. The lowest BCUT2D eigenvalue weighted by atomic mass is 9.97. The minimum absolute atomic E-state index is 0.183. The molecule has 1 amide bonds. The number of carbonyl (C=O) groups is 1. The summed E-state index contributed by atoms with van der Waals surface area (Å²) in [5, 5.41) is 7.85. The lowest BCUT2D eigenvalue weighted by molar-refractivity contribution is -0.126. The van der Waals surface area contributed by atoms with Crippen LogP contribution in [-0.4, -0.2) is 39.9 Å². The standard InChI is InChI=1S/C19H23F2N5O/c1-13-17(18(21)25(2)24-13)10-22-23-19(27)15-4-3-9-26(12-15)11-14-5-7-16(20)8-6-14/h5-8,10,15H,3-4,9,11-12H2,1-2H3,(H,23,27)/b22-10+. The highest BCUT2D eigenvalue weighted by Crippen LogP contribution is 2.19. The summed E-state index contributed by atoms with van der Waals surface area (Å²) in [6.07, 6.45) is 2.97. The van der Waals surface area contributed by atoms with E-state index in [0.717, 1.165) is 29.6 Å². The SMILES string of the molecule is Cc1nn(C)c(F)c1/C=N/NC(=O)C1CCCN(Cc2ccc(F)cc2)C1. The molecule has 144 valence electrons. The Morgan fingerprint density at radius 1 is 1.37 bits per heavy atom. The summed E-state index contributed by atoms with van der Waals surface area (Å²) in [6, 6.07) is 6.40.